The van der Waals surface area contributed by atoms with Crippen molar-refractivity contribution in [1.82, 2.24) is 9.97 Å². The molecule has 28 heavy (non-hydrogen) atoms. The average molecular weight is 375 g/mol. The highest BCUT2D eigenvalue weighted by Gasteiger charge is 2.14. The molecule has 0 atom stereocenters. The molecule has 4 heteroatoms. The van der Waals surface area contributed by atoms with Crippen molar-refractivity contribution in [3.05, 3.63) is 77.2 Å². The van der Waals surface area contributed by atoms with Crippen LogP contribution in [0.4, 0.5) is 17.5 Å². The fourth-order valence-electron chi connectivity index (χ4n) is 3.16. The van der Waals surface area contributed by atoms with E-state index < -0.39 is 0 Å². The van der Waals surface area contributed by atoms with Gasteiger partial charge in [0.2, 0.25) is 5.95 Å². The first-order chi connectivity index (χ1) is 13.3. The van der Waals surface area contributed by atoms with Crippen LogP contribution in [0.3, 0.4) is 0 Å². The van der Waals surface area contributed by atoms with Crippen LogP contribution in [-0.2, 0) is 6.42 Å². The molecule has 0 saturated heterocycles. The van der Waals surface area contributed by atoms with Crippen LogP contribution in [0.1, 0.15) is 37.5 Å². The van der Waals surface area contributed by atoms with Crippen molar-refractivity contribution in [1.29, 1.82) is 0 Å². The van der Waals surface area contributed by atoms with E-state index in [1.165, 1.54) is 16.7 Å². The van der Waals surface area contributed by atoms with Gasteiger partial charge < -0.3 is 10.2 Å². The molecular weight excluding hydrogens is 344 g/mol. The van der Waals surface area contributed by atoms with E-state index in [-0.39, 0.29) is 5.41 Å². The van der Waals surface area contributed by atoms with Crippen molar-refractivity contribution >= 4 is 17.5 Å². The lowest BCUT2D eigenvalue weighted by Crippen LogP contribution is -2.17. The lowest BCUT2D eigenvalue weighted by atomic mass is 9.93. The van der Waals surface area contributed by atoms with Crippen LogP contribution in [0, 0.1) is 19.3 Å². The molecule has 2 aromatic rings. The normalized spacial score (nSPS) is 15.1. The fourth-order valence-corrected chi connectivity index (χ4v) is 3.16. The first-order valence-corrected chi connectivity index (χ1v) is 9.82. The minimum Gasteiger partial charge on any atom is -0.329 e. The molecule has 0 fully saturated rings. The van der Waals surface area contributed by atoms with Gasteiger partial charge in [0, 0.05) is 30.0 Å². The van der Waals surface area contributed by atoms with Crippen molar-refractivity contribution in [3.63, 3.8) is 0 Å². The third-order valence-electron chi connectivity index (χ3n) is 5.20. The van der Waals surface area contributed by atoms with E-state index in [0.717, 1.165) is 23.6 Å². The summed E-state index contributed by atoms with van der Waals surface area (Å²) in [5.41, 5.74) is 6.05. The first-order valence-electron chi connectivity index (χ1n) is 9.82. The van der Waals surface area contributed by atoms with Crippen molar-refractivity contribution in [2.75, 3.05) is 17.3 Å². The van der Waals surface area contributed by atoms with Gasteiger partial charge in [-0.05, 0) is 61.2 Å². The van der Waals surface area contributed by atoms with Gasteiger partial charge in [0.1, 0.15) is 5.82 Å². The summed E-state index contributed by atoms with van der Waals surface area (Å²) in [5.74, 6) is 1.46. The molecule has 0 radical (unpaired) electrons. The highest BCUT2D eigenvalue weighted by atomic mass is 15.2. The number of aromatic nitrogens is 2. The van der Waals surface area contributed by atoms with E-state index in [4.69, 9.17) is 4.98 Å². The Labute approximate surface area is 168 Å². The predicted molar refractivity (Wildman–Crippen MR) is 119 cm³/mol. The highest BCUT2D eigenvalue weighted by Crippen LogP contribution is 2.27. The molecule has 0 amide bonds. The molecular formula is C24H30N4. The summed E-state index contributed by atoms with van der Waals surface area (Å²) in [6.45, 7) is 10.8. The number of allylic oxidation sites excluding steroid dienone is 5. The summed E-state index contributed by atoms with van der Waals surface area (Å²) < 4.78 is 0. The monoisotopic (exact) mass is 374 g/mol. The number of aryl methyl sites for hydroxylation is 3. The number of hydrogen-bond acceptors (Lipinski definition) is 4. The number of nitrogens with zero attached hydrogens (tertiary/aromatic N) is 3. The van der Waals surface area contributed by atoms with E-state index >= 15 is 0 Å². The highest BCUT2D eigenvalue weighted by molar-refractivity contribution is 5.62. The largest absolute Gasteiger partial charge is 0.329 e. The van der Waals surface area contributed by atoms with E-state index in [1.54, 1.807) is 6.20 Å². The number of hydrogen-bond donors (Lipinski definition) is 1. The van der Waals surface area contributed by atoms with Gasteiger partial charge in [-0.1, -0.05) is 45.1 Å². The maximum atomic E-state index is 4.74. The number of likely N-dealkylation sites (N-methyl/N-ethyl adjacent to an activating group) is 1. The van der Waals surface area contributed by atoms with Crippen molar-refractivity contribution in [3.8, 4) is 0 Å². The summed E-state index contributed by atoms with van der Waals surface area (Å²) in [6.07, 6.45) is 13.5. The molecule has 1 aliphatic rings. The molecule has 0 spiro atoms. The lowest BCUT2D eigenvalue weighted by molar-refractivity contribution is 0.626. The van der Waals surface area contributed by atoms with Gasteiger partial charge in [0.15, 0.2) is 0 Å². The van der Waals surface area contributed by atoms with Gasteiger partial charge in [-0.3, -0.25) is 0 Å². The standard InChI is InChI=1S/C24H30N4/c1-7-19-15-17(2)18(3)16-21(19)26-23-25-14-11-22(27-23)28(6)20-9-8-12-24(4,5)13-10-20/h8-16H,7H2,1-6H3,(H,25,26,27). The topological polar surface area (TPSA) is 41.1 Å². The molecule has 0 saturated carbocycles. The minimum absolute atomic E-state index is 0.0529. The fraction of sp³-hybridized carbons (Fsp3) is 0.333. The molecule has 1 aromatic heterocycles. The number of rotatable bonds is 5. The quantitative estimate of drug-likeness (QED) is 0.710. The maximum absolute atomic E-state index is 4.74. The molecule has 0 aliphatic heterocycles. The van der Waals surface area contributed by atoms with Gasteiger partial charge in [0.25, 0.3) is 0 Å². The Bertz CT molecular complexity index is 951. The van der Waals surface area contributed by atoms with Crippen LogP contribution in [0.15, 0.2) is 60.5 Å². The average Bonchev–Trinajstić information content (AvgIpc) is 2.84. The second-order valence-corrected chi connectivity index (χ2v) is 7.97. The van der Waals surface area contributed by atoms with Gasteiger partial charge in [-0.25, -0.2) is 4.98 Å². The van der Waals surface area contributed by atoms with Crippen LogP contribution in [0.25, 0.3) is 0 Å². The van der Waals surface area contributed by atoms with Crippen molar-refractivity contribution in [2.24, 2.45) is 5.41 Å². The second-order valence-electron chi connectivity index (χ2n) is 7.97. The molecule has 0 unspecified atom stereocenters. The summed E-state index contributed by atoms with van der Waals surface area (Å²) >= 11 is 0. The van der Waals surface area contributed by atoms with E-state index in [1.807, 2.05) is 13.1 Å². The van der Waals surface area contributed by atoms with Gasteiger partial charge >= 0.3 is 0 Å². The van der Waals surface area contributed by atoms with Gasteiger partial charge in [-0.2, -0.15) is 4.98 Å². The SMILES string of the molecule is CCc1cc(C)c(C)cc1Nc1nccc(N(C)C2=CC=CC(C)(C)C=C2)n1. The summed E-state index contributed by atoms with van der Waals surface area (Å²) in [6, 6.07) is 6.35. The molecule has 4 nitrogen and oxygen atoms in total. The molecule has 1 aromatic carbocycles. The summed E-state index contributed by atoms with van der Waals surface area (Å²) in [5, 5.41) is 3.41. The number of nitrogens with one attached hydrogen (secondary N) is 1. The van der Waals surface area contributed by atoms with Gasteiger partial charge in [0.05, 0.1) is 0 Å². The molecule has 146 valence electrons. The zero-order valence-corrected chi connectivity index (χ0v) is 17.7. The third-order valence-corrected chi connectivity index (χ3v) is 5.20. The first kappa shape index (κ1) is 19.9. The summed E-state index contributed by atoms with van der Waals surface area (Å²) in [4.78, 5) is 11.3. The predicted octanol–water partition coefficient (Wildman–Crippen LogP) is 5.87. The minimum atomic E-state index is 0.0529. The number of benzene rings is 1. The zero-order valence-electron chi connectivity index (χ0n) is 17.7. The van der Waals surface area contributed by atoms with Crippen LogP contribution in [-0.4, -0.2) is 17.0 Å². The second kappa shape index (κ2) is 8.01. The van der Waals surface area contributed by atoms with Crippen molar-refractivity contribution < 1.29 is 0 Å². The Morgan fingerprint density at radius 2 is 1.86 bits per heavy atom. The maximum Gasteiger partial charge on any atom is 0.229 e. The zero-order chi connectivity index (χ0) is 20.3. The van der Waals surface area contributed by atoms with Crippen LogP contribution < -0.4 is 10.2 Å². The Kier molecular flexibility index (Phi) is 5.68. The van der Waals surface area contributed by atoms with E-state index in [0.29, 0.717) is 5.95 Å². The molecule has 0 bridgehead atoms. The van der Waals surface area contributed by atoms with Gasteiger partial charge in [-0.15, -0.1) is 0 Å². The Hall–Kier alpha value is -2.88. The molecule has 1 N–H and O–H groups in total. The Balaban J connectivity index is 1.86. The third kappa shape index (κ3) is 4.50. The van der Waals surface area contributed by atoms with Crippen LogP contribution >= 0.6 is 0 Å². The van der Waals surface area contributed by atoms with Crippen LogP contribution in [0.2, 0.25) is 0 Å². The molecule has 1 aliphatic carbocycles. The van der Waals surface area contributed by atoms with E-state index in [2.05, 4.69) is 92.3 Å². The Morgan fingerprint density at radius 3 is 2.61 bits per heavy atom. The van der Waals surface area contributed by atoms with Crippen molar-refractivity contribution in [2.45, 2.75) is 41.0 Å². The Morgan fingerprint density at radius 1 is 1.11 bits per heavy atom. The van der Waals surface area contributed by atoms with Crippen LogP contribution in [0.5, 0.6) is 0 Å². The summed E-state index contributed by atoms with van der Waals surface area (Å²) in [7, 11) is 2.03. The molecule has 1 heterocycles. The molecule has 3 rings (SSSR count). The smallest absolute Gasteiger partial charge is 0.229 e. The lowest BCUT2D eigenvalue weighted by Gasteiger charge is -2.20. The van der Waals surface area contributed by atoms with E-state index in [9.17, 15) is 0 Å². The number of anilines is 3.